The van der Waals surface area contributed by atoms with E-state index >= 15 is 0 Å². The summed E-state index contributed by atoms with van der Waals surface area (Å²) in [4.78, 5) is 23.8. The highest BCUT2D eigenvalue weighted by molar-refractivity contribution is 5.94. The predicted octanol–water partition coefficient (Wildman–Crippen LogP) is 4.49. The van der Waals surface area contributed by atoms with Gasteiger partial charge in [-0.2, -0.15) is 0 Å². The van der Waals surface area contributed by atoms with Gasteiger partial charge >= 0.3 is 0 Å². The Morgan fingerprint density at radius 1 is 0.935 bits per heavy atom. The van der Waals surface area contributed by atoms with Crippen LogP contribution < -0.4 is 10.6 Å². The predicted molar refractivity (Wildman–Crippen MR) is 125 cm³/mol. The van der Waals surface area contributed by atoms with Gasteiger partial charge < -0.3 is 15.5 Å². The second-order valence-corrected chi connectivity index (χ2v) is 8.86. The molecule has 2 aromatic rings. The van der Waals surface area contributed by atoms with E-state index < -0.39 is 0 Å². The highest BCUT2D eigenvalue weighted by Crippen LogP contribution is 2.23. The Kier molecular flexibility index (Phi) is 7.88. The molecule has 2 N–H and O–H groups in total. The maximum absolute atomic E-state index is 12.5. The van der Waals surface area contributed by atoms with Crippen LogP contribution >= 0.6 is 0 Å². The Labute approximate surface area is 185 Å². The monoisotopic (exact) mass is 421 g/mol. The first-order valence-electron chi connectivity index (χ1n) is 12.0. The molecule has 1 aromatic carbocycles. The number of hydrogen-bond donors (Lipinski definition) is 2. The summed E-state index contributed by atoms with van der Waals surface area (Å²) >= 11 is 0. The van der Waals surface area contributed by atoms with Crippen LogP contribution in [0.5, 0.6) is 0 Å². The molecule has 2 aliphatic rings. The lowest BCUT2D eigenvalue weighted by Gasteiger charge is -2.23. The molecule has 1 aromatic heterocycles. The summed E-state index contributed by atoms with van der Waals surface area (Å²) in [5, 5.41) is 6.62. The summed E-state index contributed by atoms with van der Waals surface area (Å²) in [6, 6.07) is 10.2. The normalized spacial score (nSPS) is 18.3. The summed E-state index contributed by atoms with van der Waals surface area (Å²) < 4.78 is 0. The Balaban J connectivity index is 1.30. The molecule has 1 saturated carbocycles. The number of hydrogen-bond acceptors (Lipinski definition) is 5. The SMILES string of the molecule is O=C(NCCN1CCCCCC1)c1ccc(-c2cc(NC3CCCCC3)ncn2)cc1. The van der Waals surface area contributed by atoms with Gasteiger partial charge in [-0.05, 0) is 50.9 Å². The van der Waals surface area contributed by atoms with Crippen molar-refractivity contribution in [2.24, 2.45) is 0 Å². The molecule has 1 aliphatic heterocycles. The van der Waals surface area contributed by atoms with Gasteiger partial charge in [0.05, 0.1) is 5.69 Å². The number of nitrogens with one attached hydrogen (secondary N) is 2. The molecule has 0 unspecified atom stereocenters. The zero-order chi connectivity index (χ0) is 21.3. The van der Waals surface area contributed by atoms with Gasteiger partial charge in [0.2, 0.25) is 0 Å². The molecule has 31 heavy (non-hydrogen) atoms. The minimum atomic E-state index is -0.0105. The van der Waals surface area contributed by atoms with E-state index in [2.05, 4.69) is 25.5 Å². The first-order valence-corrected chi connectivity index (χ1v) is 12.0. The Hall–Kier alpha value is -2.47. The number of rotatable bonds is 7. The number of aromatic nitrogens is 2. The summed E-state index contributed by atoms with van der Waals surface area (Å²) in [5.41, 5.74) is 2.56. The third-order valence-corrected chi connectivity index (χ3v) is 6.48. The average Bonchev–Trinajstić information content (AvgIpc) is 3.09. The molecule has 2 heterocycles. The van der Waals surface area contributed by atoms with Crippen LogP contribution in [0.25, 0.3) is 11.3 Å². The van der Waals surface area contributed by atoms with E-state index in [1.807, 2.05) is 30.3 Å². The number of carbonyl (C=O) groups excluding carboxylic acids is 1. The highest BCUT2D eigenvalue weighted by atomic mass is 16.1. The molecule has 6 heteroatoms. The Morgan fingerprint density at radius 2 is 1.65 bits per heavy atom. The summed E-state index contributed by atoms with van der Waals surface area (Å²) in [7, 11) is 0. The Bertz CT molecular complexity index is 824. The van der Waals surface area contributed by atoms with E-state index in [1.54, 1.807) is 6.33 Å². The third kappa shape index (κ3) is 6.50. The van der Waals surface area contributed by atoms with Gasteiger partial charge in [-0.1, -0.05) is 44.2 Å². The van der Waals surface area contributed by atoms with Gasteiger partial charge in [-0.25, -0.2) is 9.97 Å². The summed E-state index contributed by atoms with van der Waals surface area (Å²) in [5.74, 6) is 0.871. The molecule has 0 atom stereocenters. The maximum atomic E-state index is 12.5. The molecule has 2 fully saturated rings. The van der Waals surface area contributed by atoms with Crippen molar-refractivity contribution < 1.29 is 4.79 Å². The van der Waals surface area contributed by atoms with E-state index in [0.717, 1.165) is 36.7 Å². The van der Waals surface area contributed by atoms with Crippen molar-refractivity contribution in [3.05, 3.63) is 42.2 Å². The minimum absolute atomic E-state index is 0.0105. The average molecular weight is 422 g/mol. The quantitative estimate of drug-likeness (QED) is 0.689. The lowest BCUT2D eigenvalue weighted by Crippen LogP contribution is -2.35. The Morgan fingerprint density at radius 3 is 2.39 bits per heavy atom. The summed E-state index contributed by atoms with van der Waals surface area (Å²) in [6.45, 7) is 3.94. The number of nitrogens with zero attached hydrogens (tertiary/aromatic N) is 3. The summed E-state index contributed by atoms with van der Waals surface area (Å²) in [6.07, 6.45) is 13.2. The molecule has 4 rings (SSSR count). The van der Waals surface area contributed by atoms with E-state index in [-0.39, 0.29) is 5.91 Å². The zero-order valence-electron chi connectivity index (χ0n) is 18.5. The molecule has 1 aliphatic carbocycles. The number of benzene rings is 1. The number of carbonyl (C=O) groups is 1. The van der Waals surface area contributed by atoms with Gasteiger partial charge in [-0.15, -0.1) is 0 Å². The van der Waals surface area contributed by atoms with Crippen LogP contribution in [0, 0.1) is 0 Å². The van der Waals surface area contributed by atoms with Crippen molar-refractivity contribution in [1.29, 1.82) is 0 Å². The van der Waals surface area contributed by atoms with Crippen LogP contribution in [-0.4, -0.2) is 53.0 Å². The second-order valence-electron chi connectivity index (χ2n) is 8.86. The van der Waals surface area contributed by atoms with Crippen LogP contribution in [0.4, 0.5) is 5.82 Å². The lowest BCUT2D eigenvalue weighted by atomic mass is 9.95. The molecular weight excluding hydrogens is 386 g/mol. The molecule has 6 nitrogen and oxygen atoms in total. The maximum Gasteiger partial charge on any atom is 0.251 e. The van der Waals surface area contributed by atoms with Crippen molar-refractivity contribution >= 4 is 11.7 Å². The van der Waals surface area contributed by atoms with E-state index in [1.165, 1.54) is 57.8 Å². The van der Waals surface area contributed by atoms with Crippen molar-refractivity contribution in [1.82, 2.24) is 20.2 Å². The fraction of sp³-hybridized carbons (Fsp3) is 0.560. The van der Waals surface area contributed by atoms with E-state index in [9.17, 15) is 4.79 Å². The van der Waals surface area contributed by atoms with Crippen LogP contribution in [0.3, 0.4) is 0 Å². The molecule has 1 amide bonds. The van der Waals surface area contributed by atoms with Crippen LogP contribution in [0.15, 0.2) is 36.7 Å². The van der Waals surface area contributed by atoms with E-state index in [4.69, 9.17) is 0 Å². The van der Waals surface area contributed by atoms with Crippen molar-refractivity contribution in [2.45, 2.75) is 63.8 Å². The highest BCUT2D eigenvalue weighted by Gasteiger charge is 2.14. The number of anilines is 1. The zero-order valence-corrected chi connectivity index (χ0v) is 18.5. The van der Waals surface area contributed by atoms with Crippen LogP contribution in [-0.2, 0) is 0 Å². The van der Waals surface area contributed by atoms with Gasteiger partial charge in [0, 0.05) is 36.3 Å². The molecule has 1 saturated heterocycles. The smallest absolute Gasteiger partial charge is 0.251 e. The standard InChI is InChI=1S/C25H35N5O/c31-25(26-14-17-30-15-6-1-2-7-16-30)21-12-10-20(11-13-21)23-18-24(28-19-27-23)29-22-8-4-3-5-9-22/h10-13,18-19,22H,1-9,14-17H2,(H,26,31)(H,27,28,29). The van der Waals surface area contributed by atoms with Crippen molar-refractivity contribution in [3.63, 3.8) is 0 Å². The third-order valence-electron chi connectivity index (χ3n) is 6.48. The minimum Gasteiger partial charge on any atom is -0.367 e. The van der Waals surface area contributed by atoms with Gasteiger partial charge in [0.15, 0.2) is 0 Å². The number of likely N-dealkylation sites (tertiary alicyclic amines) is 1. The van der Waals surface area contributed by atoms with Crippen molar-refractivity contribution in [3.8, 4) is 11.3 Å². The molecule has 0 spiro atoms. The molecule has 166 valence electrons. The fourth-order valence-corrected chi connectivity index (χ4v) is 4.63. The van der Waals surface area contributed by atoms with Gasteiger partial charge in [0.25, 0.3) is 5.91 Å². The van der Waals surface area contributed by atoms with Gasteiger partial charge in [-0.3, -0.25) is 4.79 Å². The molecular formula is C25H35N5O. The first kappa shape index (κ1) is 21.8. The topological polar surface area (TPSA) is 70.2 Å². The number of amides is 1. The molecule has 0 bridgehead atoms. The van der Waals surface area contributed by atoms with Crippen LogP contribution in [0.1, 0.15) is 68.1 Å². The first-order chi connectivity index (χ1) is 15.3. The van der Waals surface area contributed by atoms with Crippen LogP contribution in [0.2, 0.25) is 0 Å². The largest absolute Gasteiger partial charge is 0.367 e. The molecule has 0 radical (unpaired) electrons. The van der Waals surface area contributed by atoms with Gasteiger partial charge in [0.1, 0.15) is 12.1 Å². The lowest BCUT2D eigenvalue weighted by molar-refractivity contribution is 0.0948. The second kappa shape index (κ2) is 11.2. The van der Waals surface area contributed by atoms with Crippen molar-refractivity contribution in [2.75, 3.05) is 31.5 Å². The van der Waals surface area contributed by atoms with E-state index in [0.29, 0.717) is 18.2 Å². The fourth-order valence-electron chi connectivity index (χ4n) is 4.63.